The summed E-state index contributed by atoms with van der Waals surface area (Å²) in [5.74, 6) is -0.0192. The number of rotatable bonds is 7. The van der Waals surface area contributed by atoms with Gasteiger partial charge in [-0.2, -0.15) is 0 Å². The predicted octanol–water partition coefficient (Wildman–Crippen LogP) is 6.50. The number of nitrogens with one attached hydrogen (secondary N) is 1. The standard InChI is InChI=1S/C28H23N3O2S2/c1-3-14-31-27(33)25-23(20-10-8-18(2)9-11-20)16-34-26(25)30-28(31)35-17-24(32)29-22-13-12-19-6-4-5-7-21(19)15-22/h3-13,15-16H,1,14,17H2,2H3,(H,29,32). The Morgan fingerprint density at radius 3 is 2.66 bits per heavy atom. The number of thioether (sulfide) groups is 1. The predicted molar refractivity (Wildman–Crippen MR) is 148 cm³/mol. The SMILES string of the molecule is C=CCn1c(SCC(=O)Nc2ccc3ccccc3c2)nc2scc(-c3ccc(C)cc3)c2c1=O. The van der Waals surface area contributed by atoms with E-state index in [1.54, 1.807) is 10.6 Å². The molecule has 35 heavy (non-hydrogen) atoms. The van der Waals surface area contributed by atoms with Gasteiger partial charge in [-0.1, -0.05) is 78.0 Å². The maximum atomic E-state index is 13.5. The number of hydrogen-bond donors (Lipinski definition) is 1. The number of benzene rings is 3. The van der Waals surface area contributed by atoms with E-state index >= 15 is 0 Å². The number of allylic oxidation sites excluding steroid dienone is 1. The fourth-order valence-electron chi connectivity index (χ4n) is 3.95. The second kappa shape index (κ2) is 9.90. The fraction of sp³-hybridized carbons (Fsp3) is 0.107. The van der Waals surface area contributed by atoms with Crippen LogP contribution < -0.4 is 10.9 Å². The summed E-state index contributed by atoms with van der Waals surface area (Å²) < 4.78 is 1.59. The number of hydrogen-bond acceptors (Lipinski definition) is 5. The minimum absolute atomic E-state index is 0.121. The Balaban J connectivity index is 1.40. The van der Waals surface area contributed by atoms with Crippen LogP contribution in [0.5, 0.6) is 0 Å². The van der Waals surface area contributed by atoms with Crippen molar-refractivity contribution in [2.24, 2.45) is 0 Å². The highest BCUT2D eigenvalue weighted by molar-refractivity contribution is 7.99. The van der Waals surface area contributed by atoms with Gasteiger partial charge in [-0.15, -0.1) is 17.9 Å². The van der Waals surface area contributed by atoms with Crippen LogP contribution in [0.3, 0.4) is 0 Å². The van der Waals surface area contributed by atoms with Crippen LogP contribution in [0.2, 0.25) is 0 Å². The molecule has 1 amide bonds. The summed E-state index contributed by atoms with van der Waals surface area (Å²) in [5.41, 5.74) is 3.65. The molecule has 1 N–H and O–H groups in total. The van der Waals surface area contributed by atoms with Crippen LogP contribution in [0.4, 0.5) is 5.69 Å². The molecule has 0 spiro atoms. The Morgan fingerprint density at radius 2 is 1.89 bits per heavy atom. The molecule has 5 nitrogen and oxygen atoms in total. The van der Waals surface area contributed by atoms with E-state index in [9.17, 15) is 9.59 Å². The summed E-state index contributed by atoms with van der Waals surface area (Å²) in [6, 6.07) is 21.9. The quantitative estimate of drug-likeness (QED) is 0.158. The van der Waals surface area contributed by atoms with E-state index in [1.807, 2.05) is 79.0 Å². The first-order valence-electron chi connectivity index (χ1n) is 11.1. The summed E-state index contributed by atoms with van der Waals surface area (Å²) in [6.45, 7) is 6.15. The molecule has 174 valence electrons. The first-order valence-corrected chi connectivity index (χ1v) is 13.0. The molecule has 0 aliphatic heterocycles. The molecule has 0 unspecified atom stereocenters. The summed E-state index contributed by atoms with van der Waals surface area (Å²) in [6.07, 6.45) is 1.67. The Hall–Kier alpha value is -3.68. The van der Waals surface area contributed by atoms with Crippen LogP contribution in [0.15, 0.2) is 94.7 Å². The molecule has 0 radical (unpaired) electrons. The first kappa shape index (κ1) is 23.1. The summed E-state index contributed by atoms with van der Waals surface area (Å²) >= 11 is 2.69. The van der Waals surface area contributed by atoms with Gasteiger partial charge in [0.2, 0.25) is 5.91 Å². The zero-order valence-electron chi connectivity index (χ0n) is 19.2. The van der Waals surface area contributed by atoms with Gasteiger partial charge in [0.05, 0.1) is 11.1 Å². The van der Waals surface area contributed by atoms with E-state index in [-0.39, 0.29) is 17.2 Å². The molecule has 0 saturated heterocycles. The lowest BCUT2D eigenvalue weighted by Crippen LogP contribution is -2.23. The summed E-state index contributed by atoms with van der Waals surface area (Å²) in [4.78, 5) is 31.6. The van der Waals surface area contributed by atoms with Crippen molar-refractivity contribution < 1.29 is 4.79 Å². The molecule has 0 bridgehead atoms. The number of anilines is 1. The highest BCUT2D eigenvalue weighted by atomic mass is 32.2. The fourth-order valence-corrected chi connectivity index (χ4v) is 5.74. The highest BCUT2D eigenvalue weighted by Crippen LogP contribution is 2.32. The lowest BCUT2D eigenvalue weighted by Gasteiger charge is -2.11. The van der Waals surface area contributed by atoms with Crippen LogP contribution >= 0.6 is 23.1 Å². The number of aromatic nitrogens is 2. The number of carbonyl (C=O) groups excluding carboxylic acids is 1. The third-order valence-corrected chi connectivity index (χ3v) is 7.55. The normalized spacial score (nSPS) is 11.1. The average Bonchev–Trinajstić information content (AvgIpc) is 3.29. The first-order chi connectivity index (χ1) is 17.0. The van der Waals surface area contributed by atoms with Gasteiger partial charge in [-0.3, -0.25) is 14.2 Å². The van der Waals surface area contributed by atoms with Crippen LogP contribution in [0.25, 0.3) is 32.1 Å². The monoisotopic (exact) mass is 497 g/mol. The van der Waals surface area contributed by atoms with Crippen molar-refractivity contribution >= 4 is 55.7 Å². The van der Waals surface area contributed by atoms with Crippen LogP contribution in [-0.4, -0.2) is 21.2 Å². The zero-order valence-corrected chi connectivity index (χ0v) is 20.8. The van der Waals surface area contributed by atoms with Crippen molar-refractivity contribution in [1.29, 1.82) is 0 Å². The molecule has 5 aromatic rings. The molecule has 0 aliphatic carbocycles. The molecule has 5 rings (SSSR count). The van der Waals surface area contributed by atoms with Crippen LogP contribution in [-0.2, 0) is 11.3 Å². The van der Waals surface area contributed by atoms with E-state index < -0.39 is 0 Å². The molecule has 0 saturated carbocycles. The van der Waals surface area contributed by atoms with Gasteiger partial charge in [0.1, 0.15) is 4.83 Å². The Labute approximate surface area is 211 Å². The van der Waals surface area contributed by atoms with Crippen molar-refractivity contribution in [3.63, 3.8) is 0 Å². The van der Waals surface area contributed by atoms with Gasteiger partial charge >= 0.3 is 0 Å². The maximum absolute atomic E-state index is 13.5. The number of thiophene rings is 1. The van der Waals surface area contributed by atoms with Gasteiger partial charge in [0.25, 0.3) is 5.56 Å². The van der Waals surface area contributed by atoms with E-state index in [4.69, 9.17) is 4.98 Å². The number of fused-ring (bicyclic) bond motifs is 2. The molecule has 0 fully saturated rings. The highest BCUT2D eigenvalue weighted by Gasteiger charge is 2.18. The van der Waals surface area contributed by atoms with Crippen LogP contribution in [0.1, 0.15) is 5.56 Å². The van der Waals surface area contributed by atoms with Crippen molar-refractivity contribution in [2.45, 2.75) is 18.6 Å². The minimum atomic E-state index is -0.156. The van der Waals surface area contributed by atoms with Crippen molar-refractivity contribution in [3.05, 3.63) is 101 Å². The maximum Gasteiger partial charge on any atom is 0.263 e. The molecular weight excluding hydrogens is 474 g/mol. The molecule has 3 aromatic carbocycles. The van der Waals surface area contributed by atoms with E-state index in [2.05, 4.69) is 11.9 Å². The molecule has 2 heterocycles. The Kier molecular flexibility index (Phi) is 6.53. The third-order valence-electron chi connectivity index (χ3n) is 5.70. The average molecular weight is 498 g/mol. The molecule has 7 heteroatoms. The van der Waals surface area contributed by atoms with Gasteiger partial charge in [0.15, 0.2) is 5.16 Å². The lowest BCUT2D eigenvalue weighted by molar-refractivity contribution is -0.113. The largest absolute Gasteiger partial charge is 0.325 e. The number of amides is 1. The van der Waals surface area contributed by atoms with Gasteiger partial charge < -0.3 is 5.32 Å². The van der Waals surface area contributed by atoms with Gasteiger partial charge in [-0.25, -0.2) is 4.98 Å². The van der Waals surface area contributed by atoms with E-state index in [0.717, 1.165) is 33.2 Å². The van der Waals surface area contributed by atoms with Gasteiger partial charge in [-0.05, 0) is 35.4 Å². The number of nitrogens with zero attached hydrogens (tertiary/aromatic N) is 2. The zero-order chi connectivity index (χ0) is 24.4. The van der Waals surface area contributed by atoms with E-state index in [0.29, 0.717) is 21.9 Å². The number of carbonyl (C=O) groups is 1. The molecule has 2 aromatic heterocycles. The third kappa shape index (κ3) is 4.78. The topological polar surface area (TPSA) is 64.0 Å². The van der Waals surface area contributed by atoms with Gasteiger partial charge in [0, 0.05) is 23.2 Å². The van der Waals surface area contributed by atoms with Crippen molar-refractivity contribution in [3.8, 4) is 11.1 Å². The second-order valence-electron chi connectivity index (χ2n) is 8.19. The van der Waals surface area contributed by atoms with E-state index in [1.165, 1.54) is 23.1 Å². The Morgan fingerprint density at radius 1 is 1.11 bits per heavy atom. The molecule has 0 aliphatic rings. The number of aryl methyl sites for hydroxylation is 1. The minimum Gasteiger partial charge on any atom is -0.325 e. The summed E-state index contributed by atoms with van der Waals surface area (Å²) in [5, 5.41) is 8.21. The molecular formula is C28H23N3O2S2. The van der Waals surface area contributed by atoms with Crippen molar-refractivity contribution in [2.75, 3.05) is 11.1 Å². The molecule has 0 atom stereocenters. The van der Waals surface area contributed by atoms with Crippen molar-refractivity contribution in [1.82, 2.24) is 9.55 Å². The lowest BCUT2D eigenvalue weighted by atomic mass is 10.1. The summed E-state index contributed by atoms with van der Waals surface area (Å²) in [7, 11) is 0. The smallest absolute Gasteiger partial charge is 0.263 e. The van der Waals surface area contributed by atoms with Crippen LogP contribution in [0, 0.1) is 6.92 Å². The Bertz CT molecular complexity index is 1620. The second-order valence-corrected chi connectivity index (χ2v) is 9.99.